The third-order valence-electron chi connectivity index (χ3n) is 4.46. The largest absolute Gasteiger partial charge is 0.507 e. The fourth-order valence-corrected chi connectivity index (χ4v) is 3.02. The predicted molar refractivity (Wildman–Crippen MR) is 108 cm³/mol. The fourth-order valence-electron chi connectivity index (χ4n) is 3.02. The molecule has 3 rings (SSSR count). The van der Waals surface area contributed by atoms with Crippen molar-refractivity contribution in [2.24, 2.45) is 4.99 Å². The molecule has 0 saturated carbocycles. The number of ether oxygens (including phenoxy) is 1. The summed E-state index contributed by atoms with van der Waals surface area (Å²) in [5.41, 5.74) is 8.12. The molecule has 1 aliphatic carbocycles. The van der Waals surface area contributed by atoms with Crippen LogP contribution >= 0.6 is 0 Å². The first kappa shape index (κ1) is 18.7. The number of fused-ring (bicyclic) bond motifs is 1. The predicted octanol–water partition coefficient (Wildman–Crippen LogP) is 4.81. The Bertz CT molecular complexity index is 883. The summed E-state index contributed by atoms with van der Waals surface area (Å²) < 4.78 is 5.74. The van der Waals surface area contributed by atoms with Crippen LogP contribution in [0.15, 0.2) is 53.5 Å². The van der Waals surface area contributed by atoms with Gasteiger partial charge in [0.05, 0.1) is 29.1 Å². The molecule has 3 N–H and O–H groups in total. The summed E-state index contributed by atoms with van der Waals surface area (Å²) in [4.78, 5) is 16.7. The third kappa shape index (κ3) is 4.37. The molecule has 0 unspecified atom stereocenters. The summed E-state index contributed by atoms with van der Waals surface area (Å²) in [5.74, 6) is 0.559. The Hall–Kier alpha value is -3.08. The lowest BCUT2D eigenvalue weighted by Gasteiger charge is -2.16. The van der Waals surface area contributed by atoms with Gasteiger partial charge in [0.15, 0.2) is 5.78 Å². The number of hydrogen-bond acceptors (Lipinski definition) is 5. The van der Waals surface area contributed by atoms with E-state index >= 15 is 0 Å². The van der Waals surface area contributed by atoms with Crippen molar-refractivity contribution in [1.29, 1.82) is 0 Å². The Balaban J connectivity index is 1.77. The summed E-state index contributed by atoms with van der Waals surface area (Å²) in [7, 11) is 0. The van der Waals surface area contributed by atoms with Crippen LogP contribution < -0.4 is 10.5 Å². The van der Waals surface area contributed by atoms with Gasteiger partial charge in [0.1, 0.15) is 11.5 Å². The first-order valence-corrected chi connectivity index (χ1v) is 9.26. The monoisotopic (exact) mass is 364 g/mol. The number of nitrogen functional groups attached to an aromatic ring is 1. The molecular weight excluding hydrogens is 340 g/mol. The van der Waals surface area contributed by atoms with E-state index in [4.69, 9.17) is 10.5 Å². The normalized spacial score (nSPS) is 14.4. The highest BCUT2D eigenvalue weighted by molar-refractivity contribution is 6.27. The number of anilines is 1. The molecule has 0 atom stereocenters. The molecule has 0 fully saturated rings. The Morgan fingerprint density at radius 2 is 1.78 bits per heavy atom. The molecule has 0 spiro atoms. The highest BCUT2D eigenvalue weighted by Gasteiger charge is 2.23. The number of hydrogen-bond donors (Lipinski definition) is 2. The Morgan fingerprint density at radius 1 is 1.00 bits per heavy atom. The zero-order chi connectivity index (χ0) is 19.2. The minimum absolute atomic E-state index is 0.0114. The van der Waals surface area contributed by atoms with Crippen LogP contribution in [0.4, 0.5) is 11.4 Å². The number of aliphatic imine (C=N–C) groups is 1. The highest BCUT2D eigenvalue weighted by Crippen LogP contribution is 2.32. The molecule has 5 heteroatoms. The standard InChI is InChI=1S/C22H24N2O3/c1-2-3-4-5-14-27-16-8-6-15(7-9-16)24-18-11-13-19(25)21-17(23)10-12-20(26)22(18)21/h6-13,26H,2-5,14,23H2,1H3. The SMILES string of the molecule is CCCCCCOc1ccc(N=C2C=CC(=O)c3c(N)ccc(O)c32)cc1. The summed E-state index contributed by atoms with van der Waals surface area (Å²) in [5, 5.41) is 10.2. The summed E-state index contributed by atoms with van der Waals surface area (Å²) >= 11 is 0. The van der Waals surface area contributed by atoms with E-state index in [0.717, 1.165) is 12.2 Å². The van der Waals surface area contributed by atoms with Gasteiger partial charge in [0.2, 0.25) is 0 Å². The first-order valence-electron chi connectivity index (χ1n) is 9.26. The number of aromatic hydroxyl groups is 1. The molecule has 0 heterocycles. The molecule has 0 aliphatic heterocycles. The first-order chi connectivity index (χ1) is 13.1. The maximum absolute atomic E-state index is 12.1. The van der Waals surface area contributed by atoms with Gasteiger partial charge in [-0.2, -0.15) is 0 Å². The van der Waals surface area contributed by atoms with Crippen LogP contribution in [0, 0.1) is 0 Å². The van der Waals surface area contributed by atoms with E-state index in [0.29, 0.717) is 34.8 Å². The lowest BCUT2D eigenvalue weighted by atomic mass is 9.92. The van der Waals surface area contributed by atoms with E-state index < -0.39 is 0 Å². The molecule has 0 aromatic heterocycles. The van der Waals surface area contributed by atoms with E-state index in [1.165, 1.54) is 37.5 Å². The number of unbranched alkanes of at least 4 members (excludes halogenated alkanes) is 3. The maximum atomic E-state index is 12.1. The molecule has 2 aromatic carbocycles. The van der Waals surface area contributed by atoms with Crippen molar-refractivity contribution in [3.8, 4) is 11.5 Å². The molecule has 0 radical (unpaired) electrons. The zero-order valence-corrected chi connectivity index (χ0v) is 15.4. The zero-order valence-electron chi connectivity index (χ0n) is 15.4. The van der Waals surface area contributed by atoms with Crippen molar-refractivity contribution in [1.82, 2.24) is 0 Å². The number of nitrogens with zero attached hydrogens (tertiary/aromatic N) is 1. The van der Waals surface area contributed by atoms with Crippen LogP contribution in [-0.2, 0) is 0 Å². The lowest BCUT2D eigenvalue weighted by Crippen LogP contribution is -2.15. The Labute approximate surface area is 159 Å². The van der Waals surface area contributed by atoms with Gasteiger partial charge >= 0.3 is 0 Å². The lowest BCUT2D eigenvalue weighted by molar-refractivity contribution is 0.104. The maximum Gasteiger partial charge on any atom is 0.188 e. The second kappa shape index (κ2) is 8.54. The van der Waals surface area contributed by atoms with E-state index in [2.05, 4.69) is 11.9 Å². The minimum atomic E-state index is -0.232. The summed E-state index contributed by atoms with van der Waals surface area (Å²) in [6, 6.07) is 10.4. The number of carbonyl (C=O) groups is 1. The molecule has 1 aliphatic rings. The minimum Gasteiger partial charge on any atom is -0.507 e. The number of carbonyl (C=O) groups excluding carboxylic acids is 1. The average Bonchev–Trinajstić information content (AvgIpc) is 2.67. The molecule has 140 valence electrons. The number of ketones is 1. The summed E-state index contributed by atoms with van der Waals surface area (Å²) in [6.45, 7) is 2.89. The van der Waals surface area contributed by atoms with Crippen molar-refractivity contribution >= 4 is 22.9 Å². The highest BCUT2D eigenvalue weighted by atomic mass is 16.5. The summed E-state index contributed by atoms with van der Waals surface area (Å²) in [6.07, 6.45) is 7.69. The van der Waals surface area contributed by atoms with E-state index in [1.807, 2.05) is 24.3 Å². The Morgan fingerprint density at radius 3 is 2.52 bits per heavy atom. The van der Waals surface area contributed by atoms with Gasteiger partial charge in [-0.15, -0.1) is 0 Å². The van der Waals surface area contributed by atoms with E-state index in [9.17, 15) is 9.90 Å². The van der Waals surface area contributed by atoms with Gasteiger partial charge in [-0.25, -0.2) is 4.99 Å². The number of phenolic OH excluding ortho intramolecular Hbond substituents is 1. The van der Waals surface area contributed by atoms with Crippen LogP contribution in [0.1, 0.15) is 48.5 Å². The molecule has 5 nitrogen and oxygen atoms in total. The smallest absolute Gasteiger partial charge is 0.188 e. The van der Waals surface area contributed by atoms with Gasteiger partial charge in [-0.05, 0) is 55.0 Å². The molecular formula is C22H24N2O3. The van der Waals surface area contributed by atoms with Gasteiger partial charge in [0.25, 0.3) is 0 Å². The number of phenols is 1. The molecule has 0 saturated heterocycles. The number of benzene rings is 2. The van der Waals surface area contributed by atoms with Crippen LogP contribution in [-0.4, -0.2) is 23.2 Å². The second-order valence-corrected chi connectivity index (χ2v) is 6.52. The van der Waals surface area contributed by atoms with Crippen molar-refractivity contribution in [2.45, 2.75) is 32.6 Å². The number of allylic oxidation sites excluding steroid dienone is 2. The van der Waals surface area contributed by atoms with Crippen LogP contribution in [0.3, 0.4) is 0 Å². The van der Waals surface area contributed by atoms with Gasteiger partial charge in [0, 0.05) is 5.69 Å². The van der Waals surface area contributed by atoms with Crippen molar-refractivity contribution in [3.63, 3.8) is 0 Å². The van der Waals surface area contributed by atoms with Crippen molar-refractivity contribution < 1.29 is 14.6 Å². The molecule has 2 aromatic rings. The number of rotatable bonds is 7. The quantitative estimate of drug-likeness (QED) is 0.419. The third-order valence-corrected chi connectivity index (χ3v) is 4.46. The fraction of sp³-hybridized carbons (Fsp3) is 0.273. The van der Waals surface area contributed by atoms with Crippen LogP contribution in [0.25, 0.3) is 0 Å². The average molecular weight is 364 g/mol. The molecule has 0 bridgehead atoms. The van der Waals surface area contributed by atoms with Crippen LogP contribution in [0.5, 0.6) is 11.5 Å². The van der Waals surface area contributed by atoms with Gasteiger partial charge in [-0.1, -0.05) is 26.2 Å². The Kier molecular flexibility index (Phi) is 5.91. The van der Waals surface area contributed by atoms with Gasteiger partial charge in [-0.3, -0.25) is 4.79 Å². The van der Waals surface area contributed by atoms with Crippen molar-refractivity contribution in [3.05, 3.63) is 59.7 Å². The van der Waals surface area contributed by atoms with Gasteiger partial charge < -0.3 is 15.6 Å². The van der Waals surface area contributed by atoms with E-state index in [1.54, 1.807) is 6.08 Å². The van der Waals surface area contributed by atoms with Crippen molar-refractivity contribution in [2.75, 3.05) is 12.3 Å². The molecule has 27 heavy (non-hydrogen) atoms. The topological polar surface area (TPSA) is 84.9 Å². The van der Waals surface area contributed by atoms with E-state index in [-0.39, 0.29) is 11.5 Å². The van der Waals surface area contributed by atoms with Crippen LogP contribution in [0.2, 0.25) is 0 Å². The number of nitrogens with two attached hydrogens (primary N) is 1. The second-order valence-electron chi connectivity index (χ2n) is 6.52. The molecule has 0 amide bonds.